The second kappa shape index (κ2) is 10.9. The summed E-state index contributed by atoms with van der Waals surface area (Å²) < 4.78 is 5.61. The van der Waals surface area contributed by atoms with E-state index in [2.05, 4.69) is 10.3 Å². The minimum atomic E-state index is -0.139. The van der Waals surface area contributed by atoms with E-state index in [1.807, 2.05) is 0 Å². The van der Waals surface area contributed by atoms with Crippen LogP contribution in [-0.2, 0) is 0 Å². The van der Waals surface area contributed by atoms with Crippen molar-refractivity contribution in [3.8, 4) is 11.6 Å². The number of carbonyl (C=O) groups is 1. The molecule has 9 heteroatoms. The summed E-state index contributed by atoms with van der Waals surface area (Å²) >= 11 is 12.0. The molecule has 1 amide bonds. The predicted octanol–water partition coefficient (Wildman–Crippen LogP) is 5.02. The Hall–Kier alpha value is -1.24. The molecule has 0 aliphatic heterocycles. The van der Waals surface area contributed by atoms with Crippen molar-refractivity contribution in [2.45, 2.75) is 37.8 Å². The Bertz CT molecular complexity index is 751. The number of hydrogen-bond donors (Lipinski definition) is 2. The van der Waals surface area contributed by atoms with Gasteiger partial charge in [0.1, 0.15) is 10.8 Å². The average Bonchev–Trinajstić information content (AvgIpc) is 2.61. The molecule has 0 bridgehead atoms. The number of hydrogen-bond acceptors (Lipinski definition) is 4. The number of rotatable bonds is 4. The summed E-state index contributed by atoms with van der Waals surface area (Å²) in [5.41, 5.74) is 6.37. The zero-order valence-corrected chi connectivity index (χ0v) is 17.5. The maximum atomic E-state index is 12.3. The van der Waals surface area contributed by atoms with E-state index in [0.29, 0.717) is 27.2 Å². The molecule has 0 unspecified atom stereocenters. The van der Waals surface area contributed by atoms with Crippen molar-refractivity contribution in [2.24, 2.45) is 5.73 Å². The molecule has 5 nitrogen and oxygen atoms in total. The molecule has 0 spiro atoms. The van der Waals surface area contributed by atoms with Crippen LogP contribution in [-0.4, -0.2) is 23.0 Å². The van der Waals surface area contributed by atoms with Gasteiger partial charge in [0.15, 0.2) is 0 Å². The van der Waals surface area contributed by atoms with Gasteiger partial charge in [-0.2, -0.15) is 0 Å². The lowest BCUT2D eigenvalue weighted by atomic mass is 9.92. The SMILES string of the molecule is Cl.Cl.NC1CCC(NC(=O)c2ccc(Oc3cccc(Cl)c3Cl)nc2)CC1. The molecule has 1 heterocycles. The first-order chi connectivity index (χ1) is 12.0. The van der Waals surface area contributed by atoms with Gasteiger partial charge < -0.3 is 15.8 Å². The summed E-state index contributed by atoms with van der Waals surface area (Å²) in [7, 11) is 0. The van der Waals surface area contributed by atoms with Crippen LogP contribution in [0.2, 0.25) is 10.0 Å². The highest BCUT2D eigenvalue weighted by Gasteiger charge is 2.20. The van der Waals surface area contributed by atoms with Crippen LogP contribution in [0.25, 0.3) is 0 Å². The van der Waals surface area contributed by atoms with E-state index in [-0.39, 0.29) is 42.8 Å². The smallest absolute Gasteiger partial charge is 0.253 e. The number of nitrogens with two attached hydrogens (primary N) is 1. The first-order valence-corrected chi connectivity index (χ1v) is 8.93. The maximum absolute atomic E-state index is 12.3. The fourth-order valence-electron chi connectivity index (χ4n) is 2.78. The Balaban J connectivity index is 0.00000182. The fraction of sp³-hybridized carbons (Fsp3) is 0.333. The molecular formula is C18H21Cl4N3O2. The predicted molar refractivity (Wildman–Crippen MR) is 113 cm³/mol. The average molecular weight is 453 g/mol. The zero-order valence-electron chi connectivity index (χ0n) is 14.4. The number of carbonyl (C=O) groups excluding carboxylic acids is 1. The van der Waals surface area contributed by atoms with Crippen LogP contribution in [0.3, 0.4) is 0 Å². The summed E-state index contributed by atoms with van der Waals surface area (Å²) in [6, 6.07) is 8.84. The van der Waals surface area contributed by atoms with Crippen molar-refractivity contribution in [3.63, 3.8) is 0 Å². The molecule has 1 aliphatic rings. The van der Waals surface area contributed by atoms with Gasteiger partial charge in [-0.25, -0.2) is 4.98 Å². The molecule has 1 fully saturated rings. The van der Waals surface area contributed by atoms with Gasteiger partial charge in [-0.05, 0) is 43.9 Å². The fourth-order valence-corrected chi connectivity index (χ4v) is 3.11. The second-order valence-electron chi connectivity index (χ2n) is 6.12. The quantitative estimate of drug-likeness (QED) is 0.682. The number of pyridine rings is 1. The highest BCUT2D eigenvalue weighted by atomic mass is 35.5. The van der Waals surface area contributed by atoms with E-state index >= 15 is 0 Å². The molecule has 0 radical (unpaired) electrons. The monoisotopic (exact) mass is 451 g/mol. The van der Waals surface area contributed by atoms with Gasteiger partial charge in [-0.1, -0.05) is 29.3 Å². The van der Waals surface area contributed by atoms with E-state index in [4.69, 9.17) is 33.7 Å². The number of ether oxygens (including phenoxy) is 1. The maximum Gasteiger partial charge on any atom is 0.253 e. The van der Waals surface area contributed by atoms with Crippen LogP contribution in [0.4, 0.5) is 0 Å². The van der Waals surface area contributed by atoms with E-state index in [9.17, 15) is 4.79 Å². The Morgan fingerprint density at radius 3 is 2.44 bits per heavy atom. The van der Waals surface area contributed by atoms with Gasteiger partial charge in [0, 0.05) is 24.3 Å². The van der Waals surface area contributed by atoms with Gasteiger partial charge in [-0.15, -0.1) is 24.8 Å². The third-order valence-electron chi connectivity index (χ3n) is 4.24. The summed E-state index contributed by atoms with van der Waals surface area (Å²) in [5.74, 6) is 0.613. The minimum Gasteiger partial charge on any atom is -0.437 e. The molecule has 2 aromatic rings. The standard InChI is InChI=1S/C18H19Cl2N3O2.2ClH/c19-14-2-1-3-15(17(14)20)25-16-9-4-11(10-22-16)18(24)23-13-7-5-12(21)6-8-13;;/h1-4,9-10,12-13H,5-8,21H2,(H,23,24);2*1H. The van der Waals surface area contributed by atoms with E-state index in [1.165, 1.54) is 6.20 Å². The third kappa shape index (κ3) is 6.40. The molecule has 1 saturated carbocycles. The number of nitrogens with one attached hydrogen (secondary N) is 1. The van der Waals surface area contributed by atoms with Crippen molar-refractivity contribution in [1.82, 2.24) is 10.3 Å². The lowest BCUT2D eigenvalue weighted by Gasteiger charge is -2.26. The lowest BCUT2D eigenvalue weighted by molar-refractivity contribution is 0.0925. The number of amides is 1. The normalized spacial score (nSPS) is 18.6. The first kappa shape index (κ1) is 23.8. The highest BCUT2D eigenvalue weighted by molar-refractivity contribution is 6.42. The molecule has 27 heavy (non-hydrogen) atoms. The molecule has 3 N–H and O–H groups in total. The van der Waals surface area contributed by atoms with Crippen LogP contribution in [0, 0.1) is 0 Å². The second-order valence-corrected chi connectivity index (χ2v) is 6.91. The molecule has 1 aromatic heterocycles. The number of aromatic nitrogens is 1. The summed E-state index contributed by atoms with van der Waals surface area (Å²) in [6.45, 7) is 0. The molecular weight excluding hydrogens is 432 g/mol. The molecule has 148 valence electrons. The van der Waals surface area contributed by atoms with Crippen molar-refractivity contribution in [1.29, 1.82) is 0 Å². The van der Waals surface area contributed by atoms with E-state index < -0.39 is 0 Å². The van der Waals surface area contributed by atoms with Crippen molar-refractivity contribution < 1.29 is 9.53 Å². The van der Waals surface area contributed by atoms with Crippen molar-refractivity contribution in [3.05, 3.63) is 52.1 Å². The van der Waals surface area contributed by atoms with Gasteiger partial charge in [0.2, 0.25) is 5.88 Å². The molecule has 1 aliphatic carbocycles. The molecule has 0 saturated heterocycles. The largest absolute Gasteiger partial charge is 0.437 e. The van der Waals surface area contributed by atoms with Gasteiger partial charge >= 0.3 is 0 Å². The van der Waals surface area contributed by atoms with Crippen LogP contribution in [0.1, 0.15) is 36.0 Å². The number of halogens is 4. The molecule has 3 rings (SSSR count). The Kier molecular flexibility index (Phi) is 9.63. The molecule has 0 atom stereocenters. The van der Waals surface area contributed by atoms with E-state index in [0.717, 1.165) is 25.7 Å². The highest BCUT2D eigenvalue weighted by Crippen LogP contribution is 2.33. The minimum absolute atomic E-state index is 0. The van der Waals surface area contributed by atoms with Crippen LogP contribution < -0.4 is 15.8 Å². The first-order valence-electron chi connectivity index (χ1n) is 8.17. The van der Waals surface area contributed by atoms with Crippen molar-refractivity contribution >= 4 is 53.9 Å². The molecule has 1 aromatic carbocycles. The summed E-state index contributed by atoms with van der Waals surface area (Å²) in [6.07, 6.45) is 5.19. The Morgan fingerprint density at radius 2 is 1.81 bits per heavy atom. The van der Waals surface area contributed by atoms with Crippen LogP contribution in [0.5, 0.6) is 11.6 Å². The van der Waals surface area contributed by atoms with Crippen LogP contribution >= 0.6 is 48.0 Å². The van der Waals surface area contributed by atoms with Gasteiger partial charge in [0.05, 0.1) is 10.6 Å². The van der Waals surface area contributed by atoms with Crippen LogP contribution in [0.15, 0.2) is 36.5 Å². The number of benzene rings is 1. The number of nitrogens with zero attached hydrogens (tertiary/aromatic N) is 1. The van der Waals surface area contributed by atoms with E-state index in [1.54, 1.807) is 30.3 Å². The summed E-state index contributed by atoms with van der Waals surface area (Å²) in [5, 5.41) is 3.76. The van der Waals surface area contributed by atoms with Crippen molar-refractivity contribution in [2.75, 3.05) is 0 Å². The topological polar surface area (TPSA) is 77.2 Å². The lowest BCUT2D eigenvalue weighted by Crippen LogP contribution is -2.40. The summed E-state index contributed by atoms with van der Waals surface area (Å²) in [4.78, 5) is 16.5. The van der Waals surface area contributed by atoms with Gasteiger partial charge in [-0.3, -0.25) is 4.79 Å². The third-order valence-corrected chi connectivity index (χ3v) is 5.04. The Morgan fingerprint density at radius 1 is 1.11 bits per heavy atom. The zero-order chi connectivity index (χ0) is 17.8. The Labute approximate surface area is 180 Å². The van der Waals surface area contributed by atoms with Gasteiger partial charge in [0.25, 0.3) is 5.91 Å².